The molecule has 1 aromatic heterocycles. The number of hydrogen-bond donors (Lipinski definition) is 0. The molecule has 16 heavy (non-hydrogen) atoms. The van der Waals surface area contributed by atoms with Gasteiger partial charge in [0.25, 0.3) is 0 Å². The predicted octanol–water partition coefficient (Wildman–Crippen LogP) is 3.43. The van der Waals surface area contributed by atoms with E-state index in [1.807, 2.05) is 0 Å². The van der Waals surface area contributed by atoms with Gasteiger partial charge in [-0.1, -0.05) is 27.5 Å². The molecule has 0 fully saturated rings. The maximum atomic E-state index is 12.3. The van der Waals surface area contributed by atoms with Crippen LogP contribution in [-0.4, -0.2) is 16.6 Å². The number of aromatic nitrogens is 1. The molecule has 0 aromatic carbocycles. The molecule has 0 aliphatic carbocycles. The van der Waals surface area contributed by atoms with E-state index in [1.54, 1.807) is 0 Å². The molecule has 0 aliphatic heterocycles. The Hall–Kier alpha value is -0.620. The first-order valence-corrected chi connectivity index (χ1v) is 5.64. The fourth-order valence-electron chi connectivity index (χ4n) is 1.05. The summed E-state index contributed by atoms with van der Waals surface area (Å²) in [6.45, 7) is 0. The zero-order chi connectivity index (χ0) is 12.3. The number of aldehydes is 1. The van der Waals surface area contributed by atoms with Crippen LogP contribution >= 0.6 is 27.5 Å². The molecule has 2 nitrogen and oxygen atoms in total. The number of carbonyl (C=O) groups is 1. The number of carbonyl (C=O) groups excluding carboxylic acids is 1. The average Bonchev–Trinajstić information content (AvgIpc) is 2.20. The van der Waals surface area contributed by atoms with Gasteiger partial charge in [0.05, 0.1) is 22.2 Å². The Morgan fingerprint density at radius 2 is 2.19 bits per heavy atom. The van der Waals surface area contributed by atoms with Gasteiger partial charge in [-0.05, 0) is 6.07 Å². The van der Waals surface area contributed by atoms with Gasteiger partial charge in [-0.15, -0.1) is 0 Å². The second-order valence-electron chi connectivity index (χ2n) is 2.99. The van der Waals surface area contributed by atoms with E-state index in [4.69, 9.17) is 11.6 Å². The molecular formula is C9H6BrClF3NO. The van der Waals surface area contributed by atoms with Gasteiger partial charge in [0.1, 0.15) is 6.29 Å². The first-order valence-electron chi connectivity index (χ1n) is 4.14. The van der Waals surface area contributed by atoms with Gasteiger partial charge in [-0.3, -0.25) is 4.98 Å². The molecule has 88 valence electrons. The monoisotopic (exact) mass is 315 g/mol. The molecule has 0 saturated heterocycles. The summed E-state index contributed by atoms with van der Waals surface area (Å²) < 4.78 is 36.9. The lowest BCUT2D eigenvalue weighted by atomic mass is 10.1. The summed E-state index contributed by atoms with van der Waals surface area (Å²) in [5, 5.41) is 0.0978. The predicted molar refractivity (Wildman–Crippen MR) is 56.8 cm³/mol. The van der Waals surface area contributed by atoms with E-state index in [9.17, 15) is 18.0 Å². The maximum absolute atomic E-state index is 12.3. The fourth-order valence-corrected chi connectivity index (χ4v) is 1.82. The largest absolute Gasteiger partial charge is 0.417 e. The Morgan fingerprint density at radius 3 is 2.56 bits per heavy atom. The smallest absolute Gasteiger partial charge is 0.303 e. The topological polar surface area (TPSA) is 30.0 Å². The van der Waals surface area contributed by atoms with Crippen molar-refractivity contribution in [3.05, 3.63) is 28.5 Å². The minimum Gasteiger partial charge on any atom is -0.303 e. The van der Waals surface area contributed by atoms with Crippen molar-refractivity contribution in [1.29, 1.82) is 0 Å². The highest BCUT2D eigenvalue weighted by molar-refractivity contribution is 9.09. The first-order chi connectivity index (χ1) is 7.40. The fraction of sp³-hybridized carbons (Fsp3) is 0.333. The summed E-state index contributed by atoms with van der Waals surface area (Å²) in [6.07, 6.45) is -3.24. The Morgan fingerprint density at radius 1 is 1.56 bits per heavy atom. The highest BCUT2D eigenvalue weighted by Crippen LogP contribution is 2.32. The first kappa shape index (κ1) is 13.4. The van der Waals surface area contributed by atoms with Crippen LogP contribution in [0, 0.1) is 0 Å². The SMILES string of the molecule is O=CC(CBr)c1ncc(C(F)(F)F)cc1Cl. The molecule has 1 atom stereocenters. The molecule has 1 aromatic rings. The standard InChI is InChI=1S/C9H6BrClF3NO/c10-2-5(4-16)8-7(11)1-6(3-15-8)9(12,13)14/h1,3-5H,2H2. The Balaban J connectivity index is 3.14. The van der Waals surface area contributed by atoms with Crippen molar-refractivity contribution in [3.8, 4) is 0 Å². The van der Waals surface area contributed by atoms with Crippen molar-refractivity contribution in [2.75, 3.05) is 5.33 Å². The lowest BCUT2D eigenvalue weighted by Crippen LogP contribution is -2.10. The van der Waals surface area contributed by atoms with Gasteiger partial charge in [-0.25, -0.2) is 0 Å². The third-order valence-corrected chi connectivity index (χ3v) is 2.88. The summed E-state index contributed by atoms with van der Waals surface area (Å²) in [4.78, 5) is 14.2. The third-order valence-electron chi connectivity index (χ3n) is 1.88. The number of halogens is 5. The number of alkyl halides is 4. The zero-order valence-electron chi connectivity index (χ0n) is 7.76. The van der Waals surface area contributed by atoms with Crippen molar-refractivity contribution < 1.29 is 18.0 Å². The van der Waals surface area contributed by atoms with E-state index in [-0.39, 0.29) is 16.0 Å². The van der Waals surface area contributed by atoms with Crippen molar-refractivity contribution in [2.24, 2.45) is 0 Å². The van der Waals surface area contributed by atoms with Crippen LogP contribution in [0.4, 0.5) is 13.2 Å². The van der Waals surface area contributed by atoms with Gasteiger partial charge in [-0.2, -0.15) is 13.2 Å². The van der Waals surface area contributed by atoms with Crippen LogP contribution in [0.25, 0.3) is 0 Å². The van der Waals surface area contributed by atoms with Crippen LogP contribution in [0.15, 0.2) is 12.3 Å². The highest BCUT2D eigenvalue weighted by atomic mass is 79.9. The Bertz CT molecular complexity index is 397. The molecule has 1 heterocycles. The minimum atomic E-state index is -4.49. The van der Waals surface area contributed by atoms with Crippen molar-refractivity contribution in [2.45, 2.75) is 12.1 Å². The van der Waals surface area contributed by atoms with Gasteiger partial charge < -0.3 is 4.79 Å². The van der Waals surface area contributed by atoms with Crippen molar-refractivity contribution in [1.82, 2.24) is 4.98 Å². The van der Waals surface area contributed by atoms with Crippen molar-refractivity contribution >= 4 is 33.8 Å². The lowest BCUT2D eigenvalue weighted by Gasteiger charge is -2.11. The van der Waals surface area contributed by atoms with Crippen LogP contribution in [-0.2, 0) is 11.0 Å². The van der Waals surface area contributed by atoms with Gasteiger partial charge in [0.15, 0.2) is 0 Å². The highest BCUT2D eigenvalue weighted by Gasteiger charge is 2.32. The summed E-state index contributed by atoms with van der Waals surface area (Å²) in [5.74, 6) is -0.644. The molecule has 0 saturated carbocycles. The number of hydrogen-bond acceptors (Lipinski definition) is 2. The number of nitrogens with zero attached hydrogens (tertiary/aromatic N) is 1. The average molecular weight is 317 g/mol. The van der Waals surface area contributed by atoms with E-state index in [1.165, 1.54) is 0 Å². The number of rotatable bonds is 3. The molecule has 0 radical (unpaired) electrons. The van der Waals surface area contributed by atoms with E-state index in [0.29, 0.717) is 12.5 Å². The van der Waals surface area contributed by atoms with Crippen LogP contribution in [0.1, 0.15) is 17.2 Å². The Kier molecular flexibility index (Phi) is 4.32. The third kappa shape index (κ3) is 2.95. The van der Waals surface area contributed by atoms with Crippen LogP contribution < -0.4 is 0 Å². The summed E-state index contributed by atoms with van der Waals surface area (Å²) in [7, 11) is 0. The number of pyridine rings is 1. The van der Waals surface area contributed by atoms with Crippen LogP contribution in [0.3, 0.4) is 0 Å². The quantitative estimate of drug-likeness (QED) is 0.632. The molecule has 1 rings (SSSR count). The molecule has 0 bridgehead atoms. The second kappa shape index (κ2) is 5.14. The van der Waals surface area contributed by atoms with Gasteiger partial charge in [0, 0.05) is 11.5 Å². The zero-order valence-corrected chi connectivity index (χ0v) is 10.1. The molecule has 7 heteroatoms. The van der Waals surface area contributed by atoms with Gasteiger partial charge >= 0.3 is 6.18 Å². The summed E-state index contributed by atoms with van der Waals surface area (Å²) in [6, 6.07) is 0.767. The van der Waals surface area contributed by atoms with E-state index in [0.717, 1.165) is 6.07 Å². The minimum absolute atomic E-state index is 0.140. The maximum Gasteiger partial charge on any atom is 0.417 e. The van der Waals surface area contributed by atoms with E-state index in [2.05, 4.69) is 20.9 Å². The molecule has 0 aliphatic rings. The molecular weight excluding hydrogens is 310 g/mol. The van der Waals surface area contributed by atoms with E-state index >= 15 is 0 Å². The summed E-state index contributed by atoms with van der Waals surface area (Å²) in [5.41, 5.74) is -0.790. The lowest BCUT2D eigenvalue weighted by molar-refractivity contribution is -0.137. The van der Waals surface area contributed by atoms with Crippen molar-refractivity contribution in [3.63, 3.8) is 0 Å². The molecule has 0 amide bonds. The molecule has 1 unspecified atom stereocenters. The second-order valence-corrected chi connectivity index (χ2v) is 4.04. The normalized spacial score (nSPS) is 13.6. The summed E-state index contributed by atoms with van der Waals surface area (Å²) >= 11 is 8.70. The molecule has 0 spiro atoms. The van der Waals surface area contributed by atoms with Crippen LogP contribution in [0.5, 0.6) is 0 Å². The Labute approximate surface area is 103 Å². The van der Waals surface area contributed by atoms with E-state index < -0.39 is 17.7 Å². The molecule has 0 N–H and O–H groups in total. The van der Waals surface area contributed by atoms with Gasteiger partial charge in [0.2, 0.25) is 0 Å². The van der Waals surface area contributed by atoms with Crippen LogP contribution in [0.2, 0.25) is 5.02 Å².